The first-order chi connectivity index (χ1) is 13.3. The average Bonchev–Trinajstić information content (AvgIpc) is 3.31. The van der Waals surface area contributed by atoms with E-state index in [-0.39, 0.29) is 5.54 Å². The van der Waals surface area contributed by atoms with Gasteiger partial charge < -0.3 is 4.74 Å². The molecule has 2 heterocycles. The SMILES string of the molecule is COc1ccc(C#N)cc1C(=O)N=c1sn(C(C)(C)C)cc1Cc1cccs1. The summed E-state index contributed by atoms with van der Waals surface area (Å²) in [6.07, 6.45) is 2.79. The van der Waals surface area contributed by atoms with Crippen LogP contribution in [-0.4, -0.2) is 17.0 Å². The molecule has 0 atom stereocenters. The van der Waals surface area contributed by atoms with Crippen molar-refractivity contribution in [2.75, 3.05) is 7.11 Å². The Morgan fingerprint density at radius 1 is 1.32 bits per heavy atom. The second-order valence-electron chi connectivity index (χ2n) is 7.25. The van der Waals surface area contributed by atoms with Gasteiger partial charge in [0.15, 0.2) is 0 Å². The molecule has 1 amide bonds. The molecular weight excluding hydrogens is 390 g/mol. The summed E-state index contributed by atoms with van der Waals surface area (Å²) in [6, 6.07) is 10.9. The zero-order chi connectivity index (χ0) is 20.3. The van der Waals surface area contributed by atoms with Crippen LogP contribution in [0.4, 0.5) is 0 Å². The van der Waals surface area contributed by atoms with Crippen molar-refractivity contribution in [2.24, 2.45) is 4.99 Å². The van der Waals surface area contributed by atoms with Crippen LogP contribution < -0.4 is 9.41 Å². The Kier molecular flexibility index (Phi) is 5.82. The van der Waals surface area contributed by atoms with Crippen molar-refractivity contribution in [1.82, 2.24) is 3.96 Å². The molecule has 0 saturated heterocycles. The molecule has 0 unspecified atom stereocenters. The fourth-order valence-electron chi connectivity index (χ4n) is 2.62. The Labute approximate surface area is 172 Å². The fraction of sp³-hybridized carbons (Fsp3) is 0.286. The molecule has 0 aliphatic heterocycles. The molecule has 0 radical (unpaired) electrons. The van der Waals surface area contributed by atoms with Gasteiger partial charge in [-0.05, 0) is 61.9 Å². The Balaban J connectivity index is 2.09. The third-order valence-electron chi connectivity index (χ3n) is 4.10. The second kappa shape index (κ2) is 8.13. The number of benzene rings is 1. The zero-order valence-electron chi connectivity index (χ0n) is 16.2. The summed E-state index contributed by atoms with van der Waals surface area (Å²) in [5.41, 5.74) is 1.59. The van der Waals surface area contributed by atoms with Crippen LogP contribution in [0.3, 0.4) is 0 Å². The summed E-state index contributed by atoms with van der Waals surface area (Å²) in [5.74, 6) is -0.00269. The number of carbonyl (C=O) groups excluding carboxylic acids is 1. The van der Waals surface area contributed by atoms with Gasteiger partial charge in [0, 0.05) is 28.6 Å². The van der Waals surface area contributed by atoms with E-state index in [0.29, 0.717) is 21.5 Å². The van der Waals surface area contributed by atoms with Crippen LogP contribution in [0.1, 0.15) is 47.1 Å². The Morgan fingerprint density at radius 3 is 2.71 bits per heavy atom. The van der Waals surface area contributed by atoms with Gasteiger partial charge in [0.25, 0.3) is 5.91 Å². The van der Waals surface area contributed by atoms with E-state index in [1.54, 1.807) is 23.5 Å². The third-order valence-corrected chi connectivity index (χ3v) is 6.35. The number of amides is 1. The summed E-state index contributed by atoms with van der Waals surface area (Å²) in [5, 5.41) is 11.2. The molecule has 7 heteroatoms. The van der Waals surface area contributed by atoms with E-state index in [4.69, 9.17) is 10.00 Å². The number of aromatic nitrogens is 1. The van der Waals surface area contributed by atoms with Gasteiger partial charge in [-0.2, -0.15) is 10.3 Å². The first-order valence-corrected chi connectivity index (χ1v) is 10.4. The molecule has 144 valence electrons. The van der Waals surface area contributed by atoms with Gasteiger partial charge in [-0.15, -0.1) is 11.3 Å². The van der Waals surface area contributed by atoms with E-state index in [0.717, 1.165) is 12.0 Å². The van der Waals surface area contributed by atoms with Gasteiger partial charge in [-0.3, -0.25) is 8.75 Å². The van der Waals surface area contributed by atoms with Crippen LogP contribution in [0.5, 0.6) is 5.75 Å². The topological polar surface area (TPSA) is 67.4 Å². The smallest absolute Gasteiger partial charge is 0.282 e. The number of rotatable bonds is 4. The molecule has 0 bridgehead atoms. The van der Waals surface area contributed by atoms with Crippen molar-refractivity contribution < 1.29 is 9.53 Å². The van der Waals surface area contributed by atoms with Crippen molar-refractivity contribution in [1.29, 1.82) is 5.26 Å². The molecule has 2 aromatic heterocycles. The van der Waals surface area contributed by atoms with Crippen molar-refractivity contribution in [3.05, 3.63) is 68.1 Å². The van der Waals surface area contributed by atoms with Crippen molar-refractivity contribution >= 4 is 28.8 Å². The van der Waals surface area contributed by atoms with Crippen LogP contribution >= 0.6 is 22.9 Å². The highest BCUT2D eigenvalue weighted by molar-refractivity contribution is 7.10. The number of hydrogen-bond acceptors (Lipinski definition) is 5. The maximum atomic E-state index is 12.9. The van der Waals surface area contributed by atoms with E-state index in [9.17, 15) is 4.79 Å². The lowest BCUT2D eigenvalue weighted by Gasteiger charge is -2.19. The van der Waals surface area contributed by atoms with E-state index in [1.807, 2.05) is 11.4 Å². The number of carbonyl (C=O) groups is 1. The summed E-state index contributed by atoms with van der Waals surface area (Å²) in [6.45, 7) is 6.34. The molecular formula is C21H21N3O2S2. The highest BCUT2D eigenvalue weighted by Crippen LogP contribution is 2.22. The minimum Gasteiger partial charge on any atom is -0.496 e. The maximum absolute atomic E-state index is 12.9. The van der Waals surface area contributed by atoms with Gasteiger partial charge >= 0.3 is 0 Å². The number of methoxy groups -OCH3 is 1. The molecule has 3 rings (SSSR count). The van der Waals surface area contributed by atoms with Crippen LogP contribution in [0.15, 0.2) is 46.9 Å². The van der Waals surface area contributed by atoms with Gasteiger partial charge in [0.2, 0.25) is 0 Å². The molecule has 0 N–H and O–H groups in total. The normalized spacial score (nSPS) is 12.0. The van der Waals surface area contributed by atoms with Crippen LogP contribution in [0.25, 0.3) is 0 Å². The molecule has 5 nitrogen and oxygen atoms in total. The van der Waals surface area contributed by atoms with Gasteiger partial charge in [-0.1, -0.05) is 6.07 Å². The third kappa shape index (κ3) is 4.41. The van der Waals surface area contributed by atoms with E-state index in [2.05, 4.69) is 48.1 Å². The Morgan fingerprint density at radius 2 is 2.11 bits per heavy atom. The molecule has 0 aliphatic carbocycles. The van der Waals surface area contributed by atoms with Crippen molar-refractivity contribution in [3.63, 3.8) is 0 Å². The van der Waals surface area contributed by atoms with Crippen LogP contribution in [0.2, 0.25) is 0 Å². The predicted molar refractivity (Wildman–Crippen MR) is 112 cm³/mol. The number of thiophene rings is 1. The molecule has 0 fully saturated rings. The van der Waals surface area contributed by atoms with Gasteiger partial charge in [-0.25, -0.2) is 0 Å². The van der Waals surface area contributed by atoms with E-state index >= 15 is 0 Å². The molecule has 0 aliphatic rings. The monoisotopic (exact) mass is 411 g/mol. The standard InChI is InChI=1S/C21H21N3O2S2/c1-21(2,3)24-13-15(11-16-6-5-9-27-16)20(28-24)23-19(25)17-10-14(12-22)7-8-18(17)26-4/h5-10,13H,11H2,1-4H3. The van der Waals surface area contributed by atoms with Crippen LogP contribution in [-0.2, 0) is 12.0 Å². The first kappa shape index (κ1) is 20.1. The summed E-state index contributed by atoms with van der Waals surface area (Å²) in [7, 11) is 1.50. The van der Waals surface area contributed by atoms with Gasteiger partial charge in [0.05, 0.1) is 24.3 Å². The lowest BCUT2D eigenvalue weighted by Crippen LogP contribution is -2.18. The molecule has 0 spiro atoms. The first-order valence-electron chi connectivity index (χ1n) is 8.73. The zero-order valence-corrected chi connectivity index (χ0v) is 17.9. The molecule has 1 aromatic carbocycles. The van der Waals surface area contributed by atoms with Gasteiger partial charge in [0.1, 0.15) is 10.4 Å². The number of ether oxygens (including phenoxy) is 1. The largest absolute Gasteiger partial charge is 0.496 e. The molecule has 0 saturated carbocycles. The lowest BCUT2D eigenvalue weighted by atomic mass is 10.1. The Bertz CT molecular complexity index is 1090. The Hall–Kier alpha value is -2.69. The summed E-state index contributed by atoms with van der Waals surface area (Å²) >= 11 is 3.14. The van der Waals surface area contributed by atoms with Crippen LogP contribution in [0, 0.1) is 11.3 Å². The highest BCUT2D eigenvalue weighted by Gasteiger charge is 2.18. The minimum absolute atomic E-state index is 0.107. The fourth-order valence-corrected chi connectivity index (χ4v) is 4.35. The average molecular weight is 412 g/mol. The predicted octanol–water partition coefficient (Wildman–Crippen LogP) is 4.58. The lowest BCUT2D eigenvalue weighted by molar-refractivity contribution is 0.0996. The van der Waals surface area contributed by atoms with Crippen molar-refractivity contribution in [2.45, 2.75) is 32.7 Å². The number of nitrogens with zero attached hydrogens (tertiary/aromatic N) is 3. The maximum Gasteiger partial charge on any atom is 0.282 e. The second-order valence-corrected chi connectivity index (χ2v) is 9.24. The van der Waals surface area contributed by atoms with E-state index in [1.165, 1.54) is 29.6 Å². The summed E-state index contributed by atoms with van der Waals surface area (Å²) < 4.78 is 8.08. The molecule has 3 aromatic rings. The quantitative estimate of drug-likeness (QED) is 0.631. The highest BCUT2D eigenvalue weighted by atomic mass is 32.1. The minimum atomic E-state index is -0.413. The number of hydrogen-bond donors (Lipinski definition) is 0. The number of nitriles is 1. The summed E-state index contributed by atoms with van der Waals surface area (Å²) in [4.78, 5) is 18.5. The molecule has 28 heavy (non-hydrogen) atoms. The van der Waals surface area contributed by atoms with E-state index < -0.39 is 5.91 Å². The van der Waals surface area contributed by atoms with Crippen molar-refractivity contribution in [3.8, 4) is 11.8 Å².